The van der Waals surface area contributed by atoms with Gasteiger partial charge in [0.25, 0.3) is 5.91 Å². The molecule has 0 bridgehead atoms. The molecule has 0 saturated carbocycles. The van der Waals surface area contributed by atoms with Gasteiger partial charge in [-0.1, -0.05) is 59.8 Å². The number of nitrogens with one attached hydrogen (secondary N) is 1. The third-order valence-corrected chi connectivity index (χ3v) is 4.94. The van der Waals surface area contributed by atoms with Gasteiger partial charge in [0.1, 0.15) is 12.1 Å². The highest BCUT2D eigenvalue weighted by atomic mass is 16.5. The number of carbonyl (C=O) groups excluding carboxylic acids is 2. The fourth-order valence-electron chi connectivity index (χ4n) is 3.29. The van der Waals surface area contributed by atoms with Gasteiger partial charge in [-0.25, -0.2) is 4.68 Å². The normalized spacial score (nSPS) is 11.8. The highest BCUT2D eigenvalue weighted by Crippen LogP contribution is 2.23. The molecule has 1 amide bonds. The van der Waals surface area contributed by atoms with Crippen molar-refractivity contribution in [3.8, 4) is 0 Å². The zero-order chi connectivity index (χ0) is 21.8. The number of esters is 1. The molecule has 31 heavy (non-hydrogen) atoms. The van der Waals surface area contributed by atoms with Gasteiger partial charge >= 0.3 is 5.97 Å². The molecule has 0 aliphatic carbocycles. The molecule has 1 N–H and O–H groups in total. The fraction of sp³-hybridized carbons (Fsp3) is 0.167. The number of benzene rings is 3. The lowest BCUT2D eigenvalue weighted by Crippen LogP contribution is -2.27. The number of aryl methyl sites for hydroxylation is 2. The first-order valence-corrected chi connectivity index (χ1v) is 9.92. The highest BCUT2D eigenvalue weighted by Gasteiger charge is 2.26. The highest BCUT2D eigenvalue weighted by molar-refractivity contribution is 5.96. The zero-order valence-electron chi connectivity index (χ0n) is 17.3. The predicted octanol–water partition coefficient (Wildman–Crippen LogP) is 3.97. The number of anilines is 1. The van der Waals surface area contributed by atoms with Crippen molar-refractivity contribution in [3.05, 3.63) is 89.5 Å². The molecule has 7 nitrogen and oxygen atoms in total. The van der Waals surface area contributed by atoms with Crippen molar-refractivity contribution in [2.75, 3.05) is 5.32 Å². The second-order valence-corrected chi connectivity index (χ2v) is 7.32. The third-order valence-electron chi connectivity index (χ3n) is 4.94. The third kappa shape index (κ3) is 4.61. The van der Waals surface area contributed by atoms with Gasteiger partial charge in [-0.15, -0.1) is 5.10 Å². The van der Waals surface area contributed by atoms with Crippen LogP contribution in [-0.4, -0.2) is 26.9 Å². The van der Waals surface area contributed by atoms with E-state index in [2.05, 4.69) is 15.6 Å². The Labute approximate surface area is 179 Å². The van der Waals surface area contributed by atoms with Crippen molar-refractivity contribution in [1.29, 1.82) is 0 Å². The van der Waals surface area contributed by atoms with Gasteiger partial charge in [0.15, 0.2) is 0 Å². The van der Waals surface area contributed by atoms with Crippen LogP contribution in [0.25, 0.3) is 11.0 Å². The number of hydrogen-bond donors (Lipinski definition) is 1. The standard InChI is InChI=1S/C24H22N4O3/c1-16-12-13-17(2)20(14-16)25-24(30)23(18-8-4-3-5-9-18)31-22(29)15-28-21-11-7-6-10-19(21)26-27-28/h3-14,23H,15H2,1-2H3,(H,25,30). The second-order valence-electron chi connectivity index (χ2n) is 7.32. The molecule has 7 heteroatoms. The zero-order valence-corrected chi connectivity index (χ0v) is 17.3. The van der Waals surface area contributed by atoms with Gasteiger partial charge in [-0.3, -0.25) is 9.59 Å². The molecular formula is C24H22N4O3. The Morgan fingerprint density at radius 2 is 1.74 bits per heavy atom. The molecule has 0 aliphatic rings. The maximum atomic E-state index is 13.1. The van der Waals surface area contributed by atoms with Gasteiger partial charge in [0.05, 0.1) is 5.52 Å². The molecule has 1 heterocycles. The van der Waals surface area contributed by atoms with E-state index in [1.807, 2.05) is 62.4 Å². The number of amides is 1. The van der Waals surface area contributed by atoms with Crippen molar-refractivity contribution >= 4 is 28.6 Å². The summed E-state index contributed by atoms with van der Waals surface area (Å²) < 4.78 is 7.08. The van der Waals surface area contributed by atoms with Crippen LogP contribution in [0.4, 0.5) is 5.69 Å². The van der Waals surface area contributed by atoms with Crippen molar-refractivity contribution in [1.82, 2.24) is 15.0 Å². The number of aromatic nitrogens is 3. The number of carbonyl (C=O) groups is 2. The summed E-state index contributed by atoms with van der Waals surface area (Å²) in [5.74, 6) is -1.00. The first-order valence-electron chi connectivity index (χ1n) is 9.92. The smallest absolute Gasteiger partial charge is 0.328 e. The van der Waals surface area contributed by atoms with Gasteiger partial charge < -0.3 is 10.1 Å². The predicted molar refractivity (Wildman–Crippen MR) is 117 cm³/mol. The molecule has 0 saturated heterocycles. The lowest BCUT2D eigenvalue weighted by Gasteiger charge is -2.19. The van der Waals surface area contributed by atoms with E-state index in [-0.39, 0.29) is 6.54 Å². The maximum absolute atomic E-state index is 13.1. The van der Waals surface area contributed by atoms with E-state index >= 15 is 0 Å². The SMILES string of the molecule is Cc1ccc(C)c(NC(=O)C(OC(=O)Cn2nnc3ccccc32)c2ccccc2)c1. The van der Waals surface area contributed by atoms with Crippen LogP contribution in [0.15, 0.2) is 72.8 Å². The number of rotatable bonds is 6. The molecule has 156 valence electrons. The Morgan fingerprint density at radius 3 is 2.55 bits per heavy atom. The minimum atomic E-state index is -1.09. The summed E-state index contributed by atoms with van der Waals surface area (Å²) in [6.45, 7) is 3.71. The lowest BCUT2D eigenvalue weighted by atomic mass is 10.1. The van der Waals surface area contributed by atoms with Crippen LogP contribution >= 0.6 is 0 Å². The number of para-hydroxylation sites is 1. The minimum absolute atomic E-state index is 0.152. The molecule has 0 radical (unpaired) electrons. The van der Waals surface area contributed by atoms with Gasteiger partial charge in [-0.05, 0) is 43.2 Å². The van der Waals surface area contributed by atoms with Crippen LogP contribution in [0, 0.1) is 13.8 Å². The first-order chi connectivity index (χ1) is 15.0. The van der Waals surface area contributed by atoms with Crippen molar-refractivity contribution in [2.45, 2.75) is 26.5 Å². The Balaban J connectivity index is 1.56. The molecule has 0 spiro atoms. The lowest BCUT2D eigenvalue weighted by molar-refractivity contribution is -0.155. The molecule has 1 atom stereocenters. The van der Waals surface area contributed by atoms with Crippen LogP contribution in [0.2, 0.25) is 0 Å². The van der Waals surface area contributed by atoms with Crippen LogP contribution < -0.4 is 5.32 Å². The summed E-state index contributed by atoms with van der Waals surface area (Å²) in [6, 6.07) is 22.1. The number of fused-ring (bicyclic) bond motifs is 1. The van der Waals surface area contributed by atoms with E-state index in [4.69, 9.17) is 4.74 Å². The van der Waals surface area contributed by atoms with E-state index in [0.29, 0.717) is 16.8 Å². The van der Waals surface area contributed by atoms with Gasteiger partial charge in [0, 0.05) is 11.3 Å². The van der Waals surface area contributed by atoms with E-state index < -0.39 is 18.0 Å². The number of nitrogens with zero attached hydrogens (tertiary/aromatic N) is 3. The summed E-state index contributed by atoms with van der Waals surface area (Å²) in [6.07, 6.45) is -1.09. The van der Waals surface area contributed by atoms with Crippen molar-refractivity contribution < 1.29 is 14.3 Å². The van der Waals surface area contributed by atoms with E-state index in [1.54, 1.807) is 24.3 Å². The Bertz CT molecular complexity index is 1230. The van der Waals surface area contributed by atoms with Crippen LogP contribution in [-0.2, 0) is 20.9 Å². The molecule has 4 rings (SSSR count). The molecule has 4 aromatic rings. The Hall–Kier alpha value is -4.00. The Morgan fingerprint density at radius 1 is 1.00 bits per heavy atom. The number of hydrogen-bond acceptors (Lipinski definition) is 5. The summed E-state index contributed by atoms with van der Waals surface area (Å²) in [5.41, 5.74) is 4.61. The second kappa shape index (κ2) is 8.79. The summed E-state index contributed by atoms with van der Waals surface area (Å²) >= 11 is 0. The van der Waals surface area contributed by atoms with Crippen LogP contribution in [0.3, 0.4) is 0 Å². The quantitative estimate of drug-likeness (QED) is 0.483. The van der Waals surface area contributed by atoms with E-state index in [9.17, 15) is 9.59 Å². The Kier molecular flexibility index (Phi) is 5.75. The average Bonchev–Trinajstić information content (AvgIpc) is 3.18. The largest absolute Gasteiger partial charge is 0.446 e. The summed E-state index contributed by atoms with van der Waals surface area (Å²) in [7, 11) is 0. The molecule has 1 aromatic heterocycles. The van der Waals surface area contributed by atoms with Gasteiger partial charge in [-0.2, -0.15) is 0 Å². The summed E-state index contributed by atoms with van der Waals surface area (Å²) in [5, 5.41) is 11.0. The first kappa shape index (κ1) is 20.3. The molecule has 0 aliphatic heterocycles. The van der Waals surface area contributed by atoms with E-state index in [1.165, 1.54) is 4.68 Å². The van der Waals surface area contributed by atoms with Crippen molar-refractivity contribution in [2.24, 2.45) is 0 Å². The molecule has 0 fully saturated rings. The molecule has 3 aromatic carbocycles. The van der Waals surface area contributed by atoms with Crippen molar-refractivity contribution in [3.63, 3.8) is 0 Å². The number of ether oxygens (including phenoxy) is 1. The van der Waals surface area contributed by atoms with Crippen LogP contribution in [0.5, 0.6) is 0 Å². The average molecular weight is 414 g/mol. The molecular weight excluding hydrogens is 392 g/mol. The minimum Gasteiger partial charge on any atom is -0.446 e. The van der Waals surface area contributed by atoms with E-state index in [0.717, 1.165) is 16.6 Å². The van der Waals surface area contributed by atoms with Gasteiger partial charge in [0.2, 0.25) is 6.10 Å². The topological polar surface area (TPSA) is 86.1 Å². The molecule has 1 unspecified atom stereocenters. The maximum Gasteiger partial charge on any atom is 0.328 e. The van der Waals surface area contributed by atoms with Crippen LogP contribution in [0.1, 0.15) is 22.8 Å². The summed E-state index contributed by atoms with van der Waals surface area (Å²) in [4.78, 5) is 25.8. The monoisotopic (exact) mass is 414 g/mol. The fourth-order valence-corrected chi connectivity index (χ4v) is 3.29.